The highest BCUT2D eigenvalue weighted by molar-refractivity contribution is 7.22. The number of hydrogen-bond donors (Lipinski definition) is 1. The average Bonchev–Trinajstić information content (AvgIpc) is 2.95. The predicted octanol–water partition coefficient (Wildman–Crippen LogP) is 5.00. The van der Waals surface area contributed by atoms with Gasteiger partial charge in [-0.05, 0) is 23.6 Å². The van der Waals surface area contributed by atoms with E-state index in [9.17, 15) is 18.3 Å². The molecule has 0 amide bonds. The van der Waals surface area contributed by atoms with Crippen molar-refractivity contribution < 1.29 is 23.0 Å². The molecule has 0 bridgehead atoms. The zero-order chi connectivity index (χ0) is 16.4. The van der Waals surface area contributed by atoms with Gasteiger partial charge in [0.05, 0.1) is 6.61 Å². The van der Waals surface area contributed by atoms with Crippen LogP contribution in [-0.4, -0.2) is 17.9 Å². The van der Waals surface area contributed by atoms with Crippen LogP contribution in [0.15, 0.2) is 48.5 Å². The molecule has 3 rings (SSSR count). The van der Waals surface area contributed by atoms with Crippen molar-refractivity contribution in [3.8, 4) is 16.2 Å². The third-order valence-electron chi connectivity index (χ3n) is 3.37. The number of aliphatic hydroxyl groups excluding tert-OH is 1. The van der Waals surface area contributed by atoms with Gasteiger partial charge in [0.1, 0.15) is 5.75 Å². The van der Waals surface area contributed by atoms with Crippen LogP contribution in [0.5, 0.6) is 5.75 Å². The van der Waals surface area contributed by atoms with Crippen LogP contribution < -0.4 is 4.74 Å². The van der Waals surface area contributed by atoms with E-state index < -0.39 is 19.4 Å². The fraction of sp³-hybridized carbons (Fsp3) is 0.176. The third kappa shape index (κ3) is 3.48. The smallest absolute Gasteiger partial charge is 0.422 e. The van der Waals surface area contributed by atoms with Crippen molar-refractivity contribution in [3.63, 3.8) is 0 Å². The quantitative estimate of drug-likeness (QED) is 0.725. The van der Waals surface area contributed by atoms with Gasteiger partial charge in [-0.15, -0.1) is 11.3 Å². The molecule has 0 aliphatic carbocycles. The Kier molecular flexibility index (Phi) is 4.28. The Morgan fingerprint density at radius 2 is 1.83 bits per heavy atom. The normalized spacial score (nSPS) is 11.8. The summed E-state index contributed by atoms with van der Waals surface area (Å²) in [7, 11) is 0. The molecule has 6 heteroatoms. The average molecular weight is 338 g/mol. The molecule has 0 unspecified atom stereocenters. The number of ether oxygens (including phenoxy) is 1. The summed E-state index contributed by atoms with van der Waals surface area (Å²) < 4.78 is 43.0. The lowest BCUT2D eigenvalue weighted by Crippen LogP contribution is -2.19. The van der Waals surface area contributed by atoms with Gasteiger partial charge in [0.15, 0.2) is 6.61 Å². The number of alkyl halides is 3. The Labute approximate surface area is 134 Å². The molecule has 0 radical (unpaired) electrons. The van der Waals surface area contributed by atoms with E-state index in [0.29, 0.717) is 11.1 Å². The zero-order valence-corrected chi connectivity index (χ0v) is 12.7. The summed E-state index contributed by atoms with van der Waals surface area (Å²) in [5.74, 6) is 0.0554. The van der Waals surface area contributed by atoms with Crippen LogP contribution in [-0.2, 0) is 6.61 Å². The van der Waals surface area contributed by atoms with Gasteiger partial charge in [-0.2, -0.15) is 13.2 Å². The Bertz CT molecular complexity index is 791. The molecular formula is C17H13F3O2S. The minimum atomic E-state index is -4.42. The second-order valence-corrected chi connectivity index (χ2v) is 6.08. The lowest BCUT2D eigenvalue weighted by molar-refractivity contribution is -0.153. The molecule has 1 heterocycles. The van der Waals surface area contributed by atoms with Gasteiger partial charge in [-0.1, -0.05) is 30.3 Å². The SMILES string of the molecule is OCc1c(OCC(F)(F)F)cccc1-c1cc2ccccc2s1. The summed E-state index contributed by atoms with van der Waals surface area (Å²) in [5, 5.41) is 10.7. The van der Waals surface area contributed by atoms with Crippen molar-refractivity contribution in [2.45, 2.75) is 12.8 Å². The first-order valence-corrected chi connectivity index (χ1v) is 7.71. The molecular weight excluding hydrogens is 325 g/mol. The topological polar surface area (TPSA) is 29.5 Å². The molecule has 2 nitrogen and oxygen atoms in total. The van der Waals surface area contributed by atoms with Crippen LogP contribution in [0.3, 0.4) is 0 Å². The Morgan fingerprint density at radius 1 is 1.04 bits per heavy atom. The van der Waals surface area contributed by atoms with E-state index in [1.807, 2.05) is 30.3 Å². The van der Waals surface area contributed by atoms with Gasteiger partial charge in [-0.25, -0.2) is 0 Å². The summed E-state index contributed by atoms with van der Waals surface area (Å²) in [6.45, 7) is -1.77. The number of rotatable bonds is 4. The highest BCUT2D eigenvalue weighted by Gasteiger charge is 2.29. The molecule has 0 atom stereocenters. The molecule has 0 saturated carbocycles. The minimum Gasteiger partial charge on any atom is -0.484 e. The lowest BCUT2D eigenvalue weighted by atomic mass is 10.0. The van der Waals surface area contributed by atoms with Crippen LogP contribution in [0, 0.1) is 0 Å². The van der Waals surface area contributed by atoms with E-state index in [0.717, 1.165) is 15.0 Å². The molecule has 1 aromatic heterocycles. The van der Waals surface area contributed by atoms with Crippen LogP contribution in [0.4, 0.5) is 13.2 Å². The van der Waals surface area contributed by atoms with Gasteiger partial charge in [0.2, 0.25) is 0 Å². The predicted molar refractivity (Wildman–Crippen MR) is 84.7 cm³/mol. The van der Waals surface area contributed by atoms with E-state index in [-0.39, 0.29) is 5.75 Å². The zero-order valence-electron chi connectivity index (χ0n) is 11.9. The van der Waals surface area contributed by atoms with Gasteiger partial charge >= 0.3 is 6.18 Å². The van der Waals surface area contributed by atoms with Gasteiger partial charge in [0.25, 0.3) is 0 Å². The molecule has 0 fully saturated rings. The standard InChI is InChI=1S/C17H13F3O2S/c18-17(19,20)10-22-14-6-3-5-12(13(14)9-21)16-8-11-4-1-2-7-15(11)23-16/h1-8,21H,9-10H2. The summed E-state index contributed by atoms with van der Waals surface area (Å²) >= 11 is 1.52. The summed E-state index contributed by atoms with van der Waals surface area (Å²) in [4.78, 5) is 0.882. The highest BCUT2D eigenvalue weighted by atomic mass is 32.1. The second-order valence-electron chi connectivity index (χ2n) is 4.99. The van der Waals surface area contributed by atoms with Gasteiger partial charge in [0, 0.05) is 20.7 Å². The molecule has 0 saturated heterocycles. The number of thiophene rings is 1. The first-order valence-electron chi connectivity index (χ1n) is 6.89. The third-order valence-corrected chi connectivity index (χ3v) is 4.52. The maximum atomic E-state index is 12.4. The van der Waals surface area contributed by atoms with Gasteiger partial charge < -0.3 is 9.84 Å². The van der Waals surface area contributed by atoms with Crippen molar-refractivity contribution >= 4 is 21.4 Å². The number of hydrogen-bond acceptors (Lipinski definition) is 3. The van der Waals surface area contributed by atoms with Crippen LogP contribution >= 0.6 is 11.3 Å². The fourth-order valence-electron chi connectivity index (χ4n) is 2.37. The van der Waals surface area contributed by atoms with Crippen molar-refractivity contribution in [3.05, 3.63) is 54.1 Å². The molecule has 23 heavy (non-hydrogen) atoms. The first-order chi connectivity index (χ1) is 11.0. The number of halogens is 3. The van der Waals surface area contributed by atoms with Crippen LogP contribution in [0.25, 0.3) is 20.5 Å². The maximum absolute atomic E-state index is 12.4. The maximum Gasteiger partial charge on any atom is 0.422 e. The molecule has 120 valence electrons. The number of aliphatic hydroxyl groups is 1. The lowest BCUT2D eigenvalue weighted by Gasteiger charge is -2.14. The summed E-state index contributed by atoms with van der Waals surface area (Å²) in [6.07, 6.45) is -4.42. The van der Waals surface area contributed by atoms with Crippen molar-refractivity contribution in [2.24, 2.45) is 0 Å². The van der Waals surface area contributed by atoms with E-state index in [1.165, 1.54) is 17.4 Å². The Hall–Kier alpha value is -2.05. The molecule has 1 N–H and O–H groups in total. The molecule has 3 aromatic rings. The first kappa shape index (κ1) is 15.8. The summed E-state index contributed by atoms with van der Waals surface area (Å²) in [5.41, 5.74) is 1.05. The van der Waals surface area contributed by atoms with Crippen molar-refractivity contribution in [1.82, 2.24) is 0 Å². The molecule has 0 aliphatic rings. The van der Waals surface area contributed by atoms with E-state index in [2.05, 4.69) is 0 Å². The Morgan fingerprint density at radius 3 is 2.52 bits per heavy atom. The van der Waals surface area contributed by atoms with Crippen LogP contribution in [0.1, 0.15) is 5.56 Å². The second kappa shape index (κ2) is 6.22. The van der Waals surface area contributed by atoms with E-state index >= 15 is 0 Å². The monoisotopic (exact) mass is 338 g/mol. The molecule has 0 aliphatic heterocycles. The molecule has 2 aromatic carbocycles. The number of fused-ring (bicyclic) bond motifs is 1. The van der Waals surface area contributed by atoms with Gasteiger partial charge in [-0.3, -0.25) is 0 Å². The van der Waals surface area contributed by atoms with E-state index in [1.54, 1.807) is 12.1 Å². The van der Waals surface area contributed by atoms with Crippen LogP contribution in [0.2, 0.25) is 0 Å². The Balaban J connectivity index is 2.01. The highest BCUT2D eigenvalue weighted by Crippen LogP contribution is 2.38. The van der Waals surface area contributed by atoms with Crippen molar-refractivity contribution in [1.29, 1.82) is 0 Å². The minimum absolute atomic E-state index is 0.0554. The summed E-state index contributed by atoms with van der Waals surface area (Å²) in [6, 6.07) is 14.6. The fourth-order valence-corrected chi connectivity index (χ4v) is 3.48. The number of benzene rings is 2. The largest absolute Gasteiger partial charge is 0.484 e. The van der Waals surface area contributed by atoms with Crippen molar-refractivity contribution in [2.75, 3.05) is 6.61 Å². The molecule has 0 spiro atoms. The van der Waals surface area contributed by atoms with E-state index in [4.69, 9.17) is 4.74 Å².